The fourth-order valence-electron chi connectivity index (χ4n) is 5.07. The van der Waals surface area contributed by atoms with Crippen LogP contribution in [0.3, 0.4) is 0 Å². The van der Waals surface area contributed by atoms with Gasteiger partial charge in [0.05, 0.1) is 0 Å². The minimum Gasteiger partial charge on any atom is -0.459 e. The van der Waals surface area contributed by atoms with E-state index < -0.39 is 13.9 Å². The Balaban J connectivity index is 1.64. The molecule has 38 heavy (non-hydrogen) atoms. The number of carbonyl (C=O) groups excluding carboxylic acids is 1. The van der Waals surface area contributed by atoms with Crippen LogP contribution < -0.4 is 0 Å². The summed E-state index contributed by atoms with van der Waals surface area (Å²) >= 11 is 0. The first-order valence-electron chi connectivity index (χ1n) is 13.7. The predicted octanol–water partition coefficient (Wildman–Crippen LogP) is 7.38. The Morgan fingerprint density at radius 2 is 1.39 bits per heavy atom. The van der Waals surface area contributed by atoms with E-state index in [0.717, 1.165) is 24.2 Å². The van der Waals surface area contributed by atoms with E-state index in [-0.39, 0.29) is 29.5 Å². The van der Waals surface area contributed by atoms with Gasteiger partial charge in [-0.1, -0.05) is 112 Å². The quantitative estimate of drug-likeness (QED) is 0.214. The molecule has 3 aromatic rings. The molecule has 0 N–H and O–H groups in total. The highest BCUT2D eigenvalue weighted by Crippen LogP contribution is 2.43. The maximum Gasteiger partial charge on any atom is 0.331 e. The molecule has 1 heterocycles. The normalized spacial score (nSPS) is 20.2. The molecule has 0 bridgehead atoms. The van der Waals surface area contributed by atoms with Crippen molar-refractivity contribution in [2.45, 2.75) is 63.9 Å². The molecule has 0 saturated carbocycles. The Morgan fingerprint density at radius 1 is 0.842 bits per heavy atom. The van der Waals surface area contributed by atoms with Gasteiger partial charge in [0.25, 0.3) is 0 Å². The number of hydrogen-bond donors (Lipinski definition) is 0. The van der Waals surface area contributed by atoms with Crippen molar-refractivity contribution in [3.63, 3.8) is 0 Å². The van der Waals surface area contributed by atoms with Gasteiger partial charge in [-0.15, -0.1) is 0 Å². The molecule has 1 aliphatic heterocycles. The van der Waals surface area contributed by atoms with Gasteiger partial charge >= 0.3 is 5.97 Å². The van der Waals surface area contributed by atoms with Crippen LogP contribution in [0.4, 0.5) is 0 Å². The van der Waals surface area contributed by atoms with Gasteiger partial charge in [-0.05, 0) is 41.7 Å². The molecule has 0 spiro atoms. The number of esters is 1. The zero-order valence-corrected chi connectivity index (χ0v) is 24.8. The van der Waals surface area contributed by atoms with Gasteiger partial charge in [0.1, 0.15) is 12.1 Å². The van der Waals surface area contributed by atoms with Gasteiger partial charge in [0, 0.05) is 31.5 Å². The van der Waals surface area contributed by atoms with Gasteiger partial charge in [0.2, 0.25) is 0 Å². The summed E-state index contributed by atoms with van der Waals surface area (Å²) in [6.07, 6.45) is 0. The van der Waals surface area contributed by atoms with Crippen molar-refractivity contribution in [2.24, 2.45) is 5.92 Å². The molecule has 0 amide bonds. The molecule has 5 heteroatoms. The van der Waals surface area contributed by atoms with Crippen molar-refractivity contribution >= 4 is 14.3 Å². The highest BCUT2D eigenvalue weighted by Gasteiger charge is 2.49. The van der Waals surface area contributed by atoms with E-state index in [0.29, 0.717) is 6.61 Å². The number of ether oxygens (including phenoxy) is 1. The number of hydrogen-bond acceptors (Lipinski definition) is 4. The fraction of sp³-hybridized carbons (Fsp3) is 0.424. The molecule has 4 nitrogen and oxygen atoms in total. The lowest BCUT2D eigenvalue weighted by Crippen LogP contribution is -2.50. The van der Waals surface area contributed by atoms with Crippen molar-refractivity contribution in [3.8, 4) is 0 Å². The summed E-state index contributed by atoms with van der Waals surface area (Å²) in [6.45, 7) is 16.0. The largest absolute Gasteiger partial charge is 0.459 e. The van der Waals surface area contributed by atoms with E-state index in [4.69, 9.17) is 9.16 Å². The molecule has 1 unspecified atom stereocenters. The second-order valence-corrected chi connectivity index (χ2v) is 17.1. The van der Waals surface area contributed by atoms with E-state index in [9.17, 15) is 4.79 Å². The van der Waals surface area contributed by atoms with Crippen molar-refractivity contribution < 1.29 is 14.0 Å². The highest BCUT2D eigenvalue weighted by atomic mass is 28.4. The van der Waals surface area contributed by atoms with Crippen LogP contribution in [0, 0.1) is 5.92 Å². The molecule has 202 valence electrons. The van der Waals surface area contributed by atoms with Crippen LogP contribution in [0.2, 0.25) is 18.1 Å². The lowest BCUT2D eigenvalue weighted by atomic mass is 9.89. The van der Waals surface area contributed by atoms with Crippen molar-refractivity contribution in [2.75, 3.05) is 19.7 Å². The Kier molecular flexibility index (Phi) is 8.61. The molecule has 1 aliphatic rings. The summed E-state index contributed by atoms with van der Waals surface area (Å²) in [4.78, 5) is 16.3. The number of likely N-dealkylation sites (tertiary alicyclic amines) is 1. The lowest BCUT2D eigenvalue weighted by Gasteiger charge is -2.38. The van der Waals surface area contributed by atoms with Crippen LogP contribution in [0.1, 0.15) is 50.3 Å². The monoisotopic (exact) mass is 529 g/mol. The van der Waals surface area contributed by atoms with Gasteiger partial charge in [-0.3, -0.25) is 4.90 Å². The van der Waals surface area contributed by atoms with Crippen molar-refractivity contribution in [1.29, 1.82) is 0 Å². The standard InChI is InChI=1S/C33H43NO3Si/c1-32(2,3)38(5,6)37-25-28-22-34(23-30(28)27-18-12-8-13-19-27)33(4,29-20-14-9-15-21-29)31(35)36-24-26-16-10-7-11-17-26/h7-21,28,30H,22-25H2,1-6H3/t28-,30+,33?/m0/s1. The highest BCUT2D eigenvalue weighted by molar-refractivity contribution is 6.74. The van der Waals surface area contributed by atoms with Crippen molar-refractivity contribution in [3.05, 3.63) is 108 Å². The first kappa shape index (κ1) is 28.3. The summed E-state index contributed by atoms with van der Waals surface area (Å²) in [5, 5.41) is 0.146. The average Bonchev–Trinajstić information content (AvgIpc) is 3.36. The first-order valence-corrected chi connectivity index (χ1v) is 16.6. The lowest BCUT2D eigenvalue weighted by molar-refractivity contribution is -0.159. The molecular formula is C33H43NO3Si. The number of carbonyl (C=O) groups is 1. The van der Waals surface area contributed by atoms with Gasteiger partial charge < -0.3 is 9.16 Å². The maximum atomic E-state index is 13.9. The fourth-order valence-corrected chi connectivity index (χ4v) is 6.13. The van der Waals surface area contributed by atoms with Crippen LogP contribution in [-0.4, -0.2) is 38.9 Å². The van der Waals surface area contributed by atoms with Gasteiger partial charge in [0.15, 0.2) is 8.32 Å². The third-order valence-corrected chi connectivity index (χ3v) is 13.2. The number of benzene rings is 3. The molecule has 3 aromatic carbocycles. The molecule has 1 fully saturated rings. The van der Waals surface area contributed by atoms with Gasteiger partial charge in [-0.2, -0.15) is 0 Å². The summed E-state index contributed by atoms with van der Waals surface area (Å²) in [7, 11) is -1.92. The zero-order valence-electron chi connectivity index (χ0n) is 23.8. The van der Waals surface area contributed by atoms with Crippen molar-refractivity contribution in [1.82, 2.24) is 4.90 Å². The predicted molar refractivity (Wildman–Crippen MR) is 157 cm³/mol. The average molecular weight is 530 g/mol. The minimum absolute atomic E-state index is 0.146. The number of nitrogens with zero attached hydrogens (tertiary/aromatic N) is 1. The van der Waals surface area contributed by atoms with E-state index in [1.165, 1.54) is 5.56 Å². The van der Waals surface area contributed by atoms with Crippen LogP contribution in [0.15, 0.2) is 91.0 Å². The van der Waals surface area contributed by atoms with E-state index in [2.05, 4.69) is 69.1 Å². The third-order valence-electron chi connectivity index (χ3n) is 8.71. The molecule has 3 atom stereocenters. The molecule has 0 radical (unpaired) electrons. The van der Waals surface area contributed by atoms with Crippen LogP contribution >= 0.6 is 0 Å². The Bertz CT molecular complexity index is 1180. The second kappa shape index (κ2) is 11.6. The van der Waals surface area contributed by atoms with Crippen LogP contribution in [0.5, 0.6) is 0 Å². The summed E-state index contributed by atoms with van der Waals surface area (Å²) in [5.41, 5.74) is 2.33. The smallest absolute Gasteiger partial charge is 0.331 e. The Hall–Kier alpha value is -2.73. The molecule has 1 saturated heterocycles. The Morgan fingerprint density at radius 3 is 1.97 bits per heavy atom. The topological polar surface area (TPSA) is 38.8 Å². The minimum atomic E-state index is -1.92. The molecule has 4 rings (SSSR count). The molecule has 0 aromatic heterocycles. The van der Waals surface area contributed by atoms with E-state index >= 15 is 0 Å². The zero-order chi connectivity index (χ0) is 27.4. The summed E-state index contributed by atoms with van der Waals surface area (Å²) in [5.74, 6) is 0.327. The summed E-state index contributed by atoms with van der Waals surface area (Å²) < 4.78 is 12.7. The molecule has 0 aliphatic carbocycles. The van der Waals surface area contributed by atoms with Crippen LogP contribution in [-0.2, 0) is 26.1 Å². The van der Waals surface area contributed by atoms with Gasteiger partial charge in [-0.25, -0.2) is 4.79 Å². The first-order chi connectivity index (χ1) is 18.0. The maximum absolute atomic E-state index is 13.9. The number of rotatable bonds is 9. The van der Waals surface area contributed by atoms with E-state index in [1.807, 2.05) is 67.6 Å². The Labute approximate surface area is 230 Å². The SMILES string of the molecule is CC(C(=O)OCc1ccccc1)(c1ccccc1)N1C[C@@H](CO[Si](C)(C)C(C)(C)C)[C@@H](c2ccccc2)C1. The second-order valence-electron chi connectivity index (χ2n) is 12.3. The van der Waals surface area contributed by atoms with Crippen LogP contribution in [0.25, 0.3) is 0 Å². The van der Waals surface area contributed by atoms with E-state index in [1.54, 1.807) is 0 Å². The molecular weight excluding hydrogens is 486 g/mol. The summed E-state index contributed by atoms with van der Waals surface area (Å²) in [6, 6.07) is 30.7. The third kappa shape index (κ3) is 6.11.